The molecule has 0 aliphatic carbocycles. The van der Waals surface area contributed by atoms with E-state index in [4.69, 9.17) is 4.42 Å². The lowest BCUT2D eigenvalue weighted by molar-refractivity contribution is 0.0274. The van der Waals surface area contributed by atoms with Crippen LogP contribution in [0.4, 0.5) is 0 Å². The molecule has 5 heteroatoms. The normalized spacial score (nSPS) is 28.1. The van der Waals surface area contributed by atoms with Gasteiger partial charge in [0.2, 0.25) is 0 Å². The average molecular weight is 356 g/mol. The number of furan rings is 1. The van der Waals surface area contributed by atoms with Gasteiger partial charge in [0.25, 0.3) is 5.91 Å². The Morgan fingerprint density at radius 2 is 2.04 bits per heavy atom. The molecule has 4 atom stereocenters. The van der Waals surface area contributed by atoms with Crippen molar-refractivity contribution < 1.29 is 9.21 Å². The lowest BCUT2D eigenvalue weighted by Gasteiger charge is -2.48. The van der Waals surface area contributed by atoms with E-state index in [9.17, 15) is 4.79 Å². The van der Waals surface area contributed by atoms with E-state index in [0.717, 1.165) is 27.9 Å². The fourth-order valence-electron chi connectivity index (χ4n) is 3.97. The first-order valence-electron chi connectivity index (χ1n) is 8.98. The maximum atomic E-state index is 12.6. The third kappa shape index (κ3) is 3.62. The highest BCUT2D eigenvalue weighted by Crippen LogP contribution is 2.32. The summed E-state index contributed by atoms with van der Waals surface area (Å²) in [6.07, 6.45) is 2.40. The van der Waals surface area contributed by atoms with Crippen molar-refractivity contribution >= 4 is 17.7 Å². The third-order valence-electron chi connectivity index (χ3n) is 5.42. The number of rotatable bonds is 4. The van der Waals surface area contributed by atoms with E-state index < -0.39 is 0 Å². The number of aryl methyl sites for hydroxylation is 1. The highest BCUT2D eigenvalue weighted by atomic mass is 32.2. The average Bonchev–Trinajstić information content (AvgIpc) is 3.01. The maximum Gasteiger partial charge on any atom is 0.251 e. The minimum absolute atomic E-state index is 0.0387. The van der Waals surface area contributed by atoms with Crippen LogP contribution >= 0.6 is 11.8 Å². The second kappa shape index (κ2) is 6.89. The van der Waals surface area contributed by atoms with Crippen LogP contribution in [0.2, 0.25) is 0 Å². The molecule has 4 nitrogen and oxygen atoms in total. The van der Waals surface area contributed by atoms with Crippen molar-refractivity contribution in [2.24, 2.45) is 5.92 Å². The summed E-state index contributed by atoms with van der Waals surface area (Å²) in [6.45, 7) is 6.40. The number of hydrogen-bond acceptors (Lipinski definition) is 4. The van der Waals surface area contributed by atoms with Gasteiger partial charge in [0.1, 0.15) is 5.76 Å². The van der Waals surface area contributed by atoms with Crippen LogP contribution in [-0.2, 0) is 0 Å². The highest BCUT2D eigenvalue weighted by Gasteiger charge is 2.38. The van der Waals surface area contributed by atoms with E-state index in [-0.39, 0.29) is 11.9 Å². The van der Waals surface area contributed by atoms with Gasteiger partial charge in [-0.25, -0.2) is 0 Å². The second-order valence-corrected chi connectivity index (χ2v) is 8.28. The fourth-order valence-corrected chi connectivity index (χ4v) is 4.78. The molecule has 1 aromatic carbocycles. The van der Waals surface area contributed by atoms with Crippen molar-refractivity contribution in [3.63, 3.8) is 0 Å². The minimum atomic E-state index is 0.0387. The zero-order valence-electron chi connectivity index (χ0n) is 14.7. The van der Waals surface area contributed by atoms with Gasteiger partial charge in [0.15, 0.2) is 5.09 Å². The molecule has 0 radical (unpaired) electrons. The molecule has 3 fully saturated rings. The Morgan fingerprint density at radius 3 is 2.64 bits per heavy atom. The Hall–Kier alpha value is -1.72. The van der Waals surface area contributed by atoms with Gasteiger partial charge in [-0.3, -0.25) is 9.69 Å². The number of fused-ring (bicyclic) bond motifs is 3. The number of carbonyl (C=O) groups is 1. The van der Waals surface area contributed by atoms with Gasteiger partial charge in [-0.05, 0) is 75.5 Å². The summed E-state index contributed by atoms with van der Waals surface area (Å²) < 4.78 is 5.58. The van der Waals surface area contributed by atoms with Crippen molar-refractivity contribution in [3.05, 3.63) is 47.7 Å². The van der Waals surface area contributed by atoms with Crippen LogP contribution in [0.3, 0.4) is 0 Å². The Bertz CT molecular complexity index is 755. The van der Waals surface area contributed by atoms with E-state index in [2.05, 4.69) is 17.1 Å². The molecule has 1 N–H and O–H groups in total. The number of hydrogen-bond donors (Lipinski definition) is 1. The molecule has 1 amide bonds. The SMILES string of the molecule is Cc1ccc(Sc2ccc(C(=O)NC3CN4CCC3CC4C)cc2)o1. The predicted octanol–water partition coefficient (Wildman–Crippen LogP) is 3.95. The van der Waals surface area contributed by atoms with Gasteiger partial charge in [0, 0.05) is 29.1 Å². The molecule has 2 bridgehead atoms. The molecule has 5 rings (SSSR count). The van der Waals surface area contributed by atoms with E-state index in [1.165, 1.54) is 19.4 Å². The van der Waals surface area contributed by atoms with E-state index in [0.29, 0.717) is 12.0 Å². The lowest BCUT2D eigenvalue weighted by Crippen LogP contribution is -2.60. The van der Waals surface area contributed by atoms with Gasteiger partial charge >= 0.3 is 0 Å². The molecule has 4 unspecified atom stereocenters. The van der Waals surface area contributed by atoms with Crippen LogP contribution in [0.15, 0.2) is 50.8 Å². The molecule has 2 aromatic rings. The molecular weight excluding hydrogens is 332 g/mol. The van der Waals surface area contributed by atoms with Crippen LogP contribution in [0.25, 0.3) is 0 Å². The van der Waals surface area contributed by atoms with Gasteiger partial charge in [-0.2, -0.15) is 0 Å². The Labute approximate surface area is 153 Å². The Kier molecular flexibility index (Phi) is 4.61. The topological polar surface area (TPSA) is 45.5 Å². The molecule has 4 heterocycles. The quantitative estimate of drug-likeness (QED) is 0.901. The summed E-state index contributed by atoms with van der Waals surface area (Å²) in [4.78, 5) is 16.2. The second-order valence-electron chi connectivity index (χ2n) is 7.20. The summed E-state index contributed by atoms with van der Waals surface area (Å²) >= 11 is 1.57. The van der Waals surface area contributed by atoms with Crippen LogP contribution in [0.5, 0.6) is 0 Å². The molecule has 1 aromatic heterocycles. The van der Waals surface area contributed by atoms with Gasteiger partial charge in [-0.15, -0.1) is 0 Å². The van der Waals surface area contributed by atoms with Gasteiger partial charge < -0.3 is 9.73 Å². The number of carbonyl (C=O) groups excluding carboxylic acids is 1. The number of amides is 1. The Morgan fingerprint density at radius 1 is 1.24 bits per heavy atom. The monoisotopic (exact) mass is 356 g/mol. The van der Waals surface area contributed by atoms with E-state index >= 15 is 0 Å². The summed E-state index contributed by atoms with van der Waals surface area (Å²) in [6, 6.07) is 12.6. The zero-order valence-corrected chi connectivity index (χ0v) is 15.5. The molecule has 132 valence electrons. The summed E-state index contributed by atoms with van der Waals surface area (Å²) in [5.41, 5.74) is 0.726. The summed E-state index contributed by atoms with van der Waals surface area (Å²) in [7, 11) is 0. The number of piperidine rings is 3. The van der Waals surface area contributed by atoms with Crippen LogP contribution in [-0.4, -0.2) is 36.0 Å². The largest absolute Gasteiger partial charge is 0.455 e. The predicted molar refractivity (Wildman–Crippen MR) is 99.0 cm³/mol. The molecular formula is C20H24N2O2S. The van der Waals surface area contributed by atoms with Crippen molar-refractivity contribution in [2.75, 3.05) is 13.1 Å². The first-order valence-corrected chi connectivity index (χ1v) is 9.79. The van der Waals surface area contributed by atoms with Gasteiger partial charge in [-0.1, -0.05) is 11.8 Å². The number of nitrogens with one attached hydrogen (secondary N) is 1. The van der Waals surface area contributed by atoms with Crippen molar-refractivity contribution in [1.82, 2.24) is 10.2 Å². The standard InChI is InChI=1S/C20H24N2O2S/c1-13-11-16-9-10-22(13)12-18(16)21-20(23)15-4-6-17(7-5-15)25-19-8-3-14(2)24-19/h3-8,13,16,18H,9-12H2,1-2H3,(H,21,23). The molecule has 3 aliphatic heterocycles. The minimum Gasteiger partial charge on any atom is -0.455 e. The third-order valence-corrected chi connectivity index (χ3v) is 6.35. The van der Waals surface area contributed by atoms with Crippen molar-refractivity contribution in [2.45, 2.75) is 48.8 Å². The molecule has 3 aliphatic rings. The molecule has 3 saturated heterocycles. The molecule has 25 heavy (non-hydrogen) atoms. The van der Waals surface area contributed by atoms with Crippen LogP contribution in [0, 0.1) is 12.8 Å². The first-order chi connectivity index (χ1) is 12.1. The van der Waals surface area contributed by atoms with Crippen LogP contribution < -0.4 is 5.32 Å². The summed E-state index contributed by atoms with van der Waals surface area (Å²) in [5, 5.41) is 4.13. The number of nitrogens with zero attached hydrogens (tertiary/aromatic N) is 1. The highest BCUT2D eigenvalue weighted by molar-refractivity contribution is 7.99. The summed E-state index contributed by atoms with van der Waals surface area (Å²) in [5.74, 6) is 1.57. The molecule has 0 saturated carbocycles. The number of benzene rings is 1. The van der Waals surface area contributed by atoms with Crippen molar-refractivity contribution in [1.29, 1.82) is 0 Å². The Balaban J connectivity index is 1.37. The van der Waals surface area contributed by atoms with E-state index in [1.54, 1.807) is 11.8 Å². The zero-order chi connectivity index (χ0) is 17.4. The van der Waals surface area contributed by atoms with Crippen molar-refractivity contribution in [3.8, 4) is 0 Å². The molecule has 0 spiro atoms. The smallest absolute Gasteiger partial charge is 0.251 e. The lowest BCUT2D eigenvalue weighted by atomic mass is 9.80. The van der Waals surface area contributed by atoms with Gasteiger partial charge in [0.05, 0.1) is 0 Å². The first kappa shape index (κ1) is 16.7. The fraction of sp³-hybridized carbons (Fsp3) is 0.450. The maximum absolute atomic E-state index is 12.6. The van der Waals surface area contributed by atoms with E-state index in [1.807, 2.05) is 43.3 Å². The van der Waals surface area contributed by atoms with Crippen LogP contribution in [0.1, 0.15) is 35.9 Å².